The summed E-state index contributed by atoms with van der Waals surface area (Å²) < 4.78 is 11.2. The molecule has 2 heterocycles. The monoisotopic (exact) mass is 351 g/mol. The summed E-state index contributed by atoms with van der Waals surface area (Å²) in [5.41, 5.74) is -0.512. The molecule has 1 saturated heterocycles. The van der Waals surface area contributed by atoms with Crippen molar-refractivity contribution in [2.24, 2.45) is 5.41 Å². The van der Waals surface area contributed by atoms with Crippen LogP contribution in [-0.4, -0.2) is 56.1 Å². The number of nitrogens with zero attached hydrogens (tertiary/aromatic N) is 1. The van der Waals surface area contributed by atoms with Crippen LogP contribution in [0.3, 0.4) is 0 Å². The molecule has 1 atom stereocenters. The van der Waals surface area contributed by atoms with Gasteiger partial charge in [-0.05, 0) is 19.1 Å². The molecule has 25 heavy (non-hydrogen) atoms. The quantitative estimate of drug-likeness (QED) is 0.806. The summed E-state index contributed by atoms with van der Waals surface area (Å²) in [6.07, 6.45) is 0. The van der Waals surface area contributed by atoms with Gasteiger partial charge in [0.15, 0.2) is 0 Å². The van der Waals surface area contributed by atoms with Crippen molar-refractivity contribution in [3.05, 3.63) is 23.7 Å². The van der Waals surface area contributed by atoms with Crippen molar-refractivity contribution in [1.29, 1.82) is 0 Å². The summed E-state index contributed by atoms with van der Waals surface area (Å²) in [5.74, 6) is 1.32. The van der Waals surface area contributed by atoms with Crippen molar-refractivity contribution < 1.29 is 18.7 Å². The van der Waals surface area contributed by atoms with Gasteiger partial charge in [0.2, 0.25) is 11.8 Å². The van der Waals surface area contributed by atoms with E-state index >= 15 is 0 Å². The minimum atomic E-state index is -0.512. The van der Waals surface area contributed by atoms with Crippen LogP contribution in [0, 0.1) is 12.3 Å². The zero-order chi connectivity index (χ0) is 18.4. The molecule has 0 spiro atoms. The maximum absolute atomic E-state index is 12.1. The first-order valence-corrected chi connectivity index (χ1v) is 8.70. The van der Waals surface area contributed by atoms with E-state index in [0.717, 1.165) is 24.6 Å². The van der Waals surface area contributed by atoms with E-state index in [2.05, 4.69) is 15.5 Å². The highest BCUT2D eigenvalue weighted by molar-refractivity contribution is 5.87. The summed E-state index contributed by atoms with van der Waals surface area (Å²) in [4.78, 5) is 26.2. The average molecular weight is 351 g/mol. The highest BCUT2D eigenvalue weighted by Crippen LogP contribution is 2.23. The first-order chi connectivity index (χ1) is 11.8. The van der Waals surface area contributed by atoms with Gasteiger partial charge in [-0.25, -0.2) is 0 Å². The first-order valence-electron chi connectivity index (χ1n) is 8.70. The number of rotatable bonds is 6. The molecule has 2 amide bonds. The third kappa shape index (κ3) is 5.86. The number of hydrogen-bond acceptors (Lipinski definition) is 5. The molecule has 7 nitrogen and oxygen atoms in total. The lowest BCUT2D eigenvalue weighted by Crippen LogP contribution is -2.46. The van der Waals surface area contributed by atoms with E-state index in [-0.39, 0.29) is 24.4 Å². The van der Waals surface area contributed by atoms with Crippen LogP contribution in [0.15, 0.2) is 16.5 Å². The lowest BCUT2D eigenvalue weighted by molar-refractivity contribution is -0.131. The zero-order valence-electron chi connectivity index (χ0n) is 15.6. The SMILES string of the molecule is Cc1ccc(C(CNC(=O)CNC(=O)C(C)(C)C)N2CCOCC2)o1. The van der Waals surface area contributed by atoms with Crippen LogP contribution >= 0.6 is 0 Å². The van der Waals surface area contributed by atoms with Crippen LogP contribution in [0.2, 0.25) is 0 Å². The fourth-order valence-electron chi connectivity index (χ4n) is 2.63. The maximum Gasteiger partial charge on any atom is 0.239 e. The minimum absolute atomic E-state index is 0.0247. The third-order valence-corrected chi connectivity index (χ3v) is 4.16. The maximum atomic E-state index is 12.1. The van der Waals surface area contributed by atoms with E-state index in [1.807, 2.05) is 39.8 Å². The Bertz CT molecular complexity index is 585. The first kappa shape index (κ1) is 19.5. The molecule has 0 aliphatic carbocycles. The van der Waals surface area contributed by atoms with Gasteiger partial charge < -0.3 is 19.8 Å². The summed E-state index contributed by atoms with van der Waals surface area (Å²) in [6.45, 7) is 10.7. The molecule has 1 fully saturated rings. The third-order valence-electron chi connectivity index (χ3n) is 4.16. The number of amides is 2. The lowest BCUT2D eigenvalue weighted by Gasteiger charge is -2.33. The molecule has 0 bridgehead atoms. The highest BCUT2D eigenvalue weighted by atomic mass is 16.5. The number of nitrogens with one attached hydrogen (secondary N) is 2. The average Bonchev–Trinajstić information content (AvgIpc) is 2.99. The molecule has 1 aliphatic heterocycles. The second-order valence-electron chi connectivity index (χ2n) is 7.35. The molecule has 7 heteroatoms. The van der Waals surface area contributed by atoms with Gasteiger partial charge in [-0.15, -0.1) is 0 Å². The van der Waals surface area contributed by atoms with Crippen molar-refractivity contribution in [3.63, 3.8) is 0 Å². The van der Waals surface area contributed by atoms with Gasteiger partial charge >= 0.3 is 0 Å². The largest absolute Gasteiger partial charge is 0.465 e. The van der Waals surface area contributed by atoms with Crippen LogP contribution in [0.4, 0.5) is 0 Å². The molecule has 2 rings (SSSR count). The number of morpholine rings is 1. The van der Waals surface area contributed by atoms with E-state index in [9.17, 15) is 9.59 Å². The number of carbonyl (C=O) groups is 2. The highest BCUT2D eigenvalue weighted by Gasteiger charge is 2.26. The fraction of sp³-hybridized carbons (Fsp3) is 0.667. The molecule has 0 aromatic carbocycles. The Morgan fingerprint density at radius 1 is 1.20 bits per heavy atom. The van der Waals surface area contributed by atoms with Gasteiger partial charge in [0.05, 0.1) is 25.8 Å². The minimum Gasteiger partial charge on any atom is -0.465 e. The molecular formula is C18H29N3O4. The lowest BCUT2D eigenvalue weighted by atomic mass is 9.96. The van der Waals surface area contributed by atoms with Crippen LogP contribution in [0.5, 0.6) is 0 Å². The van der Waals surface area contributed by atoms with Crippen molar-refractivity contribution in [2.45, 2.75) is 33.7 Å². The molecule has 0 saturated carbocycles. The molecule has 2 N–H and O–H groups in total. The predicted molar refractivity (Wildman–Crippen MR) is 94.1 cm³/mol. The van der Waals surface area contributed by atoms with Crippen molar-refractivity contribution in [1.82, 2.24) is 15.5 Å². The van der Waals surface area contributed by atoms with Gasteiger partial charge in [0.25, 0.3) is 0 Å². The Morgan fingerprint density at radius 3 is 2.44 bits per heavy atom. The zero-order valence-corrected chi connectivity index (χ0v) is 15.6. The number of hydrogen-bond donors (Lipinski definition) is 2. The van der Waals surface area contributed by atoms with E-state index in [0.29, 0.717) is 19.8 Å². The van der Waals surface area contributed by atoms with Crippen LogP contribution < -0.4 is 10.6 Å². The molecule has 0 radical (unpaired) electrons. The van der Waals surface area contributed by atoms with Crippen LogP contribution in [0.25, 0.3) is 0 Å². The summed E-state index contributed by atoms with van der Waals surface area (Å²) in [5, 5.41) is 5.56. The molecular weight excluding hydrogens is 322 g/mol. The number of ether oxygens (including phenoxy) is 1. The summed E-state index contributed by atoms with van der Waals surface area (Å²) in [6, 6.07) is 3.83. The number of carbonyl (C=O) groups excluding carboxylic acids is 2. The smallest absolute Gasteiger partial charge is 0.239 e. The van der Waals surface area contributed by atoms with Crippen LogP contribution in [0.1, 0.15) is 38.3 Å². The van der Waals surface area contributed by atoms with E-state index in [4.69, 9.17) is 9.15 Å². The Labute approximate surface area is 149 Å². The van der Waals surface area contributed by atoms with Crippen molar-refractivity contribution >= 4 is 11.8 Å². The van der Waals surface area contributed by atoms with Crippen molar-refractivity contribution in [2.75, 3.05) is 39.4 Å². The van der Waals surface area contributed by atoms with E-state index < -0.39 is 5.41 Å². The molecule has 1 aromatic rings. The fourth-order valence-corrected chi connectivity index (χ4v) is 2.63. The standard InChI is InChI=1S/C18H29N3O4/c1-13-5-6-15(25-13)14(21-7-9-24-10-8-21)11-19-16(22)12-20-17(23)18(2,3)4/h5-6,14H,7-12H2,1-4H3,(H,19,22)(H,20,23). The number of furan rings is 1. The van der Waals surface area contributed by atoms with Gasteiger partial charge in [0, 0.05) is 25.0 Å². The van der Waals surface area contributed by atoms with Gasteiger partial charge in [-0.1, -0.05) is 20.8 Å². The van der Waals surface area contributed by atoms with E-state index in [1.54, 1.807) is 0 Å². The second kappa shape index (κ2) is 8.49. The van der Waals surface area contributed by atoms with Gasteiger partial charge in [-0.3, -0.25) is 14.5 Å². The molecule has 1 unspecified atom stereocenters. The topological polar surface area (TPSA) is 83.8 Å². The summed E-state index contributed by atoms with van der Waals surface area (Å²) in [7, 11) is 0. The van der Waals surface area contributed by atoms with E-state index in [1.165, 1.54) is 0 Å². The Kier molecular flexibility index (Phi) is 6.61. The Hall–Kier alpha value is -1.86. The molecule has 1 aromatic heterocycles. The van der Waals surface area contributed by atoms with Gasteiger partial charge in [-0.2, -0.15) is 0 Å². The van der Waals surface area contributed by atoms with Crippen molar-refractivity contribution in [3.8, 4) is 0 Å². The Morgan fingerprint density at radius 2 is 1.88 bits per heavy atom. The number of aryl methyl sites for hydroxylation is 1. The van der Waals surface area contributed by atoms with Crippen LogP contribution in [-0.2, 0) is 14.3 Å². The summed E-state index contributed by atoms with van der Waals surface area (Å²) >= 11 is 0. The molecule has 140 valence electrons. The normalized spacial score (nSPS) is 17.1. The molecule has 1 aliphatic rings. The van der Waals surface area contributed by atoms with Gasteiger partial charge in [0.1, 0.15) is 11.5 Å². The predicted octanol–water partition coefficient (Wildman–Crippen LogP) is 1.24. The Balaban J connectivity index is 1.90. The second-order valence-corrected chi connectivity index (χ2v) is 7.35.